The van der Waals surface area contributed by atoms with Crippen molar-refractivity contribution in [3.05, 3.63) is 23.8 Å². The van der Waals surface area contributed by atoms with Crippen LogP contribution in [0.2, 0.25) is 0 Å². The van der Waals surface area contributed by atoms with Gasteiger partial charge in [0.15, 0.2) is 0 Å². The summed E-state index contributed by atoms with van der Waals surface area (Å²) in [7, 11) is 1.73. The predicted molar refractivity (Wildman–Crippen MR) is 76.2 cm³/mol. The number of methoxy groups -OCH3 is 1. The normalized spacial score (nSPS) is 23.4. The highest BCUT2D eigenvalue weighted by atomic mass is 16.5. The van der Waals surface area contributed by atoms with Gasteiger partial charge in [-0.15, -0.1) is 0 Å². The lowest BCUT2D eigenvalue weighted by molar-refractivity contribution is 0.0499. The molecule has 0 aliphatic carbocycles. The second-order valence-electron chi connectivity index (χ2n) is 5.09. The van der Waals surface area contributed by atoms with E-state index in [1.807, 2.05) is 12.1 Å². The van der Waals surface area contributed by atoms with Crippen molar-refractivity contribution in [3.8, 4) is 0 Å². The van der Waals surface area contributed by atoms with Crippen LogP contribution >= 0.6 is 0 Å². The topological polar surface area (TPSA) is 81.6 Å². The van der Waals surface area contributed by atoms with E-state index in [-0.39, 0.29) is 6.10 Å². The highest BCUT2D eigenvalue weighted by Gasteiger charge is 2.27. The van der Waals surface area contributed by atoms with E-state index in [0.717, 1.165) is 25.2 Å². The van der Waals surface area contributed by atoms with Gasteiger partial charge in [0, 0.05) is 20.2 Å². The zero-order chi connectivity index (χ0) is 14.0. The summed E-state index contributed by atoms with van der Waals surface area (Å²) >= 11 is 0. The molecule has 0 radical (unpaired) electrons. The van der Waals surface area contributed by atoms with Gasteiger partial charge < -0.3 is 21.1 Å². The van der Waals surface area contributed by atoms with Gasteiger partial charge in [-0.2, -0.15) is 0 Å². The number of carbonyl (C=O) groups excluding carboxylic acids is 1. The van der Waals surface area contributed by atoms with Crippen molar-refractivity contribution in [1.82, 2.24) is 0 Å². The summed E-state index contributed by atoms with van der Waals surface area (Å²) in [4.78, 5) is 13.5. The third-order valence-electron chi connectivity index (χ3n) is 3.88. The number of carbonyl (C=O) groups is 1. The highest BCUT2D eigenvalue weighted by molar-refractivity contribution is 6.00. The Morgan fingerprint density at radius 2 is 2.21 bits per heavy atom. The van der Waals surface area contributed by atoms with Crippen LogP contribution in [0.1, 0.15) is 23.7 Å². The Hall–Kier alpha value is -1.75. The summed E-state index contributed by atoms with van der Waals surface area (Å²) in [6.07, 6.45) is 1.23. The zero-order valence-corrected chi connectivity index (χ0v) is 11.4. The molecule has 4 N–H and O–H groups in total. The smallest absolute Gasteiger partial charge is 0.250 e. The lowest BCUT2D eigenvalue weighted by Crippen LogP contribution is -2.44. The predicted octanol–water partition coefficient (Wildman–Crippen LogP) is 1.23. The second-order valence-corrected chi connectivity index (χ2v) is 5.09. The first-order valence-corrected chi connectivity index (χ1v) is 6.50. The van der Waals surface area contributed by atoms with Gasteiger partial charge >= 0.3 is 0 Å². The molecule has 19 heavy (non-hydrogen) atoms. The number of primary amides is 1. The number of amides is 1. The summed E-state index contributed by atoms with van der Waals surface area (Å²) in [5.74, 6) is 0.0369. The minimum absolute atomic E-state index is 0.186. The maximum atomic E-state index is 11.3. The van der Waals surface area contributed by atoms with Gasteiger partial charge in [0.25, 0.3) is 5.91 Å². The molecule has 2 unspecified atom stereocenters. The van der Waals surface area contributed by atoms with Crippen molar-refractivity contribution in [2.75, 3.05) is 30.8 Å². The molecule has 0 saturated carbocycles. The fourth-order valence-electron chi connectivity index (χ4n) is 2.60. The summed E-state index contributed by atoms with van der Waals surface area (Å²) in [5, 5.41) is 0. The average Bonchev–Trinajstić information content (AvgIpc) is 2.39. The first-order chi connectivity index (χ1) is 9.04. The van der Waals surface area contributed by atoms with E-state index in [1.165, 1.54) is 0 Å². The average molecular weight is 263 g/mol. The Balaban J connectivity index is 2.27. The Labute approximate surface area is 113 Å². The van der Waals surface area contributed by atoms with E-state index in [9.17, 15) is 4.79 Å². The molecule has 104 valence electrons. The number of nitrogen functional groups attached to an aromatic ring is 1. The number of rotatable bonds is 3. The maximum Gasteiger partial charge on any atom is 0.250 e. The Morgan fingerprint density at radius 3 is 2.84 bits per heavy atom. The highest BCUT2D eigenvalue weighted by Crippen LogP contribution is 2.30. The van der Waals surface area contributed by atoms with E-state index < -0.39 is 5.91 Å². The Kier molecular flexibility index (Phi) is 3.95. The van der Waals surface area contributed by atoms with E-state index in [1.54, 1.807) is 13.2 Å². The van der Waals surface area contributed by atoms with Crippen LogP contribution < -0.4 is 16.4 Å². The number of benzene rings is 1. The number of nitrogens with two attached hydrogens (primary N) is 2. The fraction of sp³-hybridized carbons (Fsp3) is 0.500. The van der Waals surface area contributed by atoms with Gasteiger partial charge in [-0.25, -0.2) is 0 Å². The summed E-state index contributed by atoms with van der Waals surface area (Å²) < 4.78 is 5.50. The molecular formula is C14H21N3O2. The molecule has 0 aromatic heterocycles. The van der Waals surface area contributed by atoms with Crippen molar-refractivity contribution in [2.45, 2.75) is 19.4 Å². The van der Waals surface area contributed by atoms with Crippen LogP contribution in [0.15, 0.2) is 18.2 Å². The van der Waals surface area contributed by atoms with Crippen molar-refractivity contribution in [2.24, 2.45) is 11.7 Å². The van der Waals surface area contributed by atoms with Gasteiger partial charge in [-0.1, -0.05) is 13.0 Å². The van der Waals surface area contributed by atoms with Crippen molar-refractivity contribution >= 4 is 17.3 Å². The fourth-order valence-corrected chi connectivity index (χ4v) is 2.60. The maximum absolute atomic E-state index is 11.3. The third kappa shape index (κ3) is 2.66. The number of anilines is 2. The van der Waals surface area contributed by atoms with Gasteiger partial charge in [0.05, 0.1) is 23.0 Å². The molecule has 1 heterocycles. The van der Waals surface area contributed by atoms with Gasteiger partial charge in [-0.05, 0) is 24.5 Å². The molecule has 1 saturated heterocycles. The molecule has 2 atom stereocenters. The molecule has 1 fully saturated rings. The molecular weight excluding hydrogens is 242 g/mol. The van der Waals surface area contributed by atoms with Crippen LogP contribution in [0.3, 0.4) is 0 Å². The van der Waals surface area contributed by atoms with Gasteiger partial charge in [0.2, 0.25) is 0 Å². The van der Waals surface area contributed by atoms with Crippen LogP contribution in [0.25, 0.3) is 0 Å². The molecule has 1 amide bonds. The number of ether oxygens (including phenoxy) is 1. The minimum atomic E-state index is -0.493. The van der Waals surface area contributed by atoms with E-state index >= 15 is 0 Å². The zero-order valence-electron chi connectivity index (χ0n) is 11.4. The number of piperidine rings is 1. The van der Waals surface area contributed by atoms with Crippen molar-refractivity contribution in [3.63, 3.8) is 0 Å². The molecule has 1 aromatic carbocycles. The summed E-state index contributed by atoms with van der Waals surface area (Å²) in [6.45, 7) is 3.88. The molecule has 0 spiro atoms. The lowest BCUT2D eigenvalue weighted by Gasteiger charge is -2.38. The monoisotopic (exact) mass is 263 g/mol. The first kappa shape index (κ1) is 13.7. The summed E-state index contributed by atoms with van der Waals surface area (Å²) in [6, 6.07) is 5.39. The largest absolute Gasteiger partial charge is 0.396 e. The third-order valence-corrected chi connectivity index (χ3v) is 3.88. The number of nitrogens with zero attached hydrogens (tertiary/aromatic N) is 1. The SMILES string of the molecule is COC1CN(c2cccc(C(N)=O)c2N)CCC1C. The molecule has 0 bridgehead atoms. The van der Waals surface area contributed by atoms with Gasteiger partial charge in [0.1, 0.15) is 0 Å². The van der Waals surface area contributed by atoms with Gasteiger partial charge in [-0.3, -0.25) is 4.79 Å². The van der Waals surface area contributed by atoms with Crippen LogP contribution in [-0.2, 0) is 4.74 Å². The summed E-state index contributed by atoms with van der Waals surface area (Å²) in [5.41, 5.74) is 13.1. The quantitative estimate of drug-likeness (QED) is 0.804. The van der Waals surface area contributed by atoms with Crippen LogP contribution in [0, 0.1) is 5.92 Å². The van der Waals surface area contributed by atoms with Crippen LogP contribution in [-0.4, -0.2) is 32.2 Å². The van der Waals surface area contributed by atoms with E-state index in [4.69, 9.17) is 16.2 Å². The van der Waals surface area contributed by atoms with E-state index in [0.29, 0.717) is 17.2 Å². The molecule has 5 heteroatoms. The molecule has 5 nitrogen and oxygen atoms in total. The second kappa shape index (κ2) is 5.48. The standard InChI is InChI=1S/C14H21N3O2/c1-9-6-7-17(8-12(9)19-2)11-5-3-4-10(13(11)15)14(16)18/h3-5,9,12H,6-8,15H2,1-2H3,(H2,16,18). The number of hydrogen-bond donors (Lipinski definition) is 2. The molecule has 1 aromatic rings. The lowest BCUT2D eigenvalue weighted by atomic mass is 9.95. The molecule has 1 aliphatic rings. The molecule has 1 aliphatic heterocycles. The first-order valence-electron chi connectivity index (χ1n) is 6.50. The van der Waals surface area contributed by atoms with Crippen molar-refractivity contribution < 1.29 is 9.53 Å². The molecule has 2 rings (SSSR count). The van der Waals surface area contributed by atoms with Crippen molar-refractivity contribution in [1.29, 1.82) is 0 Å². The number of para-hydroxylation sites is 1. The Morgan fingerprint density at radius 1 is 1.47 bits per heavy atom. The number of hydrogen-bond acceptors (Lipinski definition) is 4. The Bertz CT molecular complexity index is 476. The minimum Gasteiger partial charge on any atom is -0.396 e. The van der Waals surface area contributed by atoms with Crippen LogP contribution in [0.5, 0.6) is 0 Å². The van der Waals surface area contributed by atoms with E-state index in [2.05, 4.69) is 11.8 Å². The van der Waals surface area contributed by atoms with Crippen LogP contribution in [0.4, 0.5) is 11.4 Å².